The Kier molecular flexibility index (Phi) is 3.97. The zero-order chi connectivity index (χ0) is 15.7. The number of aryl methyl sites for hydroxylation is 1. The van der Waals surface area contributed by atoms with E-state index in [4.69, 9.17) is 10.5 Å². The first-order valence-electron chi connectivity index (χ1n) is 7.90. The van der Waals surface area contributed by atoms with E-state index in [0.717, 1.165) is 30.2 Å². The SMILES string of the molecule is Cc1ccc(CN2CC(C(C)C)Oc3cccc(N)c32)cc1. The standard InChI is InChI=1S/C19H24N2O/c1-13(2)18-12-21(11-15-9-7-14(3)8-10-15)19-16(20)5-4-6-17(19)22-18/h4-10,13,18H,11-12,20H2,1-3H3. The van der Waals surface area contributed by atoms with Crippen LogP contribution in [0.5, 0.6) is 5.75 Å². The molecule has 0 aliphatic carbocycles. The lowest BCUT2D eigenvalue weighted by atomic mass is 10.0. The minimum Gasteiger partial charge on any atom is -0.486 e. The van der Waals surface area contributed by atoms with Gasteiger partial charge in [0, 0.05) is 6.54 Å². The number of hydrogen-bond acceptors (Lipinski definition) is 3. The number of nitrogen functional groups attached to an aromatic ring is 1. The summed E-state index contributed by atoms with van der Waals surface area (Å²) in [6.45, 7) is 8.24. The van der Waals surface area contributed by atoms with Gasteiger partial charge >= 0.3 is 0 Å². The highest BCUT2D eigenvalue weighted by Gasteiger charge is 2.29. The molecule has 0 saturated carbocycles. The maximum absolute atomic E-state index is 6.21. The van der Waals surface area contributed by atoms with E-state index in [-0.39, 0.29) is 6.10 Å². The molecule has 1 heterocycles. The van der Waals surface area contributed by atoms with Crippen molar-refractivity contribution >= 4 is 11.4 Å². The van der Waals surface area contributed by atoms with Crippen LogP contribution in [0, 0.1) is 12.8 Å². The molecule has 116 valence electrons. The fraction of sp³-hybridized carbons (Fsp3) is 0.368. The molecular formula is C19H24N2O. The van der Waals surface area contributed by atoms with Gasteiger partial charge in [0.1, 0.15) is 17.5 Å². The molecule has 0 amide bonds. The Morgan fingerprint density at radius 1 is 1.18 bits per heavy atom. The van der Waals surface area contributed by atoms with Crippen molar-refractivity contribution in [3.05, 3.63) is 53.6 Å². The number of para-hydroxylation sites is 1. The van der Waals surface area contributed by atoms with Crippen molar-refractivity contribution in [2.75, 3.05) is 17.2 Å². The third-order valence-corrected chi connectivity index (χ3v) is 4.26. The van der Waals surface area contributed by atoms with Crippen molar-refractivity contribution in [1.29, 1.82) is 0 Å². The third kappa shape index (κ3) is 2.89. The lowest BCUT2D eigenvalue weighted by Crippen LogP contribution is -2.42. The van der Waals surface area contributed by atoms with Crippen molar-refractivity contribution in [2.24, 2.45) is 5.92 Å². The van der Waals surface area contributed by atoms with E-state index in [1.165, 1.54) is 11.1 Å². The van der Waals surface area contributed by atoms with Gasteiger partial charge < -0.3 is 15.4 Å². The van der Waals surface area contributed by atoms with E-state index in [1.54, 1.807) is 0 Å². The predicted molar refractivity (Wildman–Crippen MR) is 92.3 cm³/mol. The molecule has 2 aromatic carbocycles. The van der Waals surface area contributed by atoms with Crippen LogP contribution >= 0.6 is 0 Å². The molecule has 0 bridgehead atoms. The molecule has 1 atom stereocenters. The van der Waals surface area contributed by atoms with Gasteiger partial charge in [-0.15, -0.1) is 0 Å². The van der Waals surface area contributed by atoms with Crippen molar-refractivity contribution in [1.82, 2.24) is 0 Å². The summed E-state index contributed by atoms with van der Waals surface area (Å²) >= 11 is 0. The molecule has 3 rings (SSSR count). The smallest absolute Gasteiger partial charge is 0.145 e. The van der Waals surface area contributed by atoms with E-state index in [9.17, 15) is 0 Å². The predicted octanol–water partition coefficient (Wildman–Crippen LogP) is 4.00. The number of hydrogen-bond donors (Lipinski definition) is 1. The summed E-state index contributed by atoms with van der Waals surface area (Å²) < 4.78 is 6.14. The highest BCUT2D eigenvalue weighted by Crippen LogP contribution is 2.40. The van der Waals surface area contributed by atoms with Crippen LogP contribution in [0.4, 0.5) is 11.4 Å². The first-order valence-corrected chi connectivity index (χ1v) is 7.90. The lowest BCUT2D eigenvalue weighted by molar-refractivity contribution is 0.145. The van der Waals surface area contributed by atoms with Crippen LogP contribution in [0.2, 0.25) is 0 Å². The molecule has 1 aliphatic rings. The molecule has 0 aromatic heterocycles. The van der Waals surface area contributed by atoms with E-state index in [2.05, 4.69) is 49.9 Å². The third-order valence-electron chi connectivity index (χ3n) is 4.26. The Labute approximate surface area is 132 Å². The Morgan fingerprint density at radius 2 is 1.91 bits per heavy atom. The van der Waals surface area contributed by atoms with Crippen molar-refractivity contribution in [3.8, 4) is 5.75 Å². The molecule has 3 heteroatoms. The second-order valence-corrected chi connectivity index (χ2v) is 6.46. The second-order valence-electron chi connectivity index (χ2n) is 6.46. The zero-order valence-electron chi connectivity index (χ0n) is 13.5. The van der Waals surface area contributed by atoms with Crippen LogP contribution in [0.15, 0.2) is 42.5 Å². The Morgan fingerprint density at radius 3 is 2.59 bits per heavy atom. The summed E-state index contributed by atoms with van der Waals surface area (Å²) in [6.07, 6.45) is 0.194. The average molecular weight is 296 g/mol. The molecule has 22 heavy (non-hydrogen) atoms. The summed E-state index contributed by atoms with van der Waals surface area (Å²) in [5, 5.41) is 0. The summed E-state index contributed by atoms with van der Waals surface area (Å²) in [5.74, 6) is 1.37. The minimum atomic E-state index is 0.194. The summed E-state index contributed by atoms with van der Waals surface area (Å²) in [5.41, 5.74) is 10.6. The zero-order valence-corrected chi connectivity index (χ0v) is 13.5. The summed E-state index contributed by atoms with van der Waals surface area (Å²) in [6, 6.07) is 14.6. The van der Waals surface area contributed by atoms with Gasteiger partial charge in [-0.25, -0.2) is 0 Å². The Hall–Kier alpha value is -2.16. The van der Waals surface area contributed by atoms with Crippen molar-refractivity contribution in [2.45, 2.75) is 33.4 Å². The normalized spacial score (nSPS) is 17.3. The first kappa shape index (κ1) is 14.8. The number of ether oxygens (including phenoxy) is 1. The average Bonchev–Trinajstić information content (AvgIpc) is 2.49. The van der Waals surface area contributed by atoms with Gasteiger partial charge in [-0.1, -0.05) is 49.7 Å². The van der Waals surface area contributed by atoms with Crippen molar-refractivity contribution < 1.29 is 4.74 Å². The minimum absolute atomic E-state index is 0.194. The van der Waals surface area contributed by atoms with E-state index < -0.39 is 0 Å². The molecule has 1 aliphatic heterocycles. The van der Waals surface area contributed by atoms with Gasteiger partial charge in [0.15, 0.2) is 0 Å². The van der Waals surface area contributed by atoms with Crippen molar-refractivity contribution in [3.63, 3.8) is 0 Å². The van der Waals surface area contributed by atoms with Crippen LogP contribution in [-0.2, 0) is 6.54 Å². The van der Waals surface area contributed by atoms with Gasteiger partial charge in [-0.2, -0.15) is 0 Å². The molecular weight excluding hydrogens is 272 g/mol. The fourth-order valence-electron chi connectivity index (χ4n) is 2.89. The molecule has 1 unspecified atom stereocenters. The first-order chi connectivity index (χ1) is 10.5. The molecule has 0 fully saturated rings. The van der Waals surface area contributed by atoms with Gasteiger partial charge in [-0.3, -0.25) is 0 Å². The quantitative estimate of drug-likeness (QED) is 0.870. The number of anilines is 2. The van der Waals surface area contributed by atoms with E-state index in [1.807, 2.05) is 18.2 Å². The largest absolute Gasteiger partial charge is 0.486 e. The summed E-state index contributed by atoms with van der Waals surface area (Å²) in [4.78, 5) is 2.35. The monoisotopic (exact) mass is 296 g/mol. The lowest BCUT2D eigenvalue weighted by Gasteiger charge is -2.38. The number of benzene rings is 2. The van der Waals surface area contributed by atoms with Crippen LogP contribution in [0.1, 0.15) is 25.0 Å². The maximum Gasteiger partial charge on any atom is 0.145 e. The maximum atomic E-state index is 6.21. The van der Waals surface area contributed by atoms with E-state index in [0.29, 0.717) is 5.92 Å². The molecule has 0 spiro atoms. The Balaban J connectivity index is 1.93. The number of fused-ring (bicyclic) bond motifs is 1. The fourth-order valence-corrected chi connectivity index (χ4v) is 2.89. The van der Waals surface area contributed by atoms with Crippen LogP contribution in [0.25, 0.3) is 0 Å². The highest BCUT2D eigenvalue weighted by atomic mass is 16.5. The topological polar surface area (TPSA) is 38.5 Å². The van der Waals surface area contributed by atoms with Gasteiger partial charge in [0.05, 0.1) is 12.2 Å². The molecule has 2 aromatic rings. The van der Waals surface area contributed by atoms with Crippen LogP contribution < -0.4 is 15.4 Å². The number of nitrogens with zero attached hydrogens (tertiary/aromatic N) is 1. The highest BCUT2D eigenvalue weighted by molar-refractivity contribution is 5.75. The molecule has 3 nitrogen and oxygen atoms in total. The molecule has 2 N–H and O–H groups in total. The van der Waals surface area contributed by atoms with E-state index >= 15 is 0 Å². The number of rotatable bonds is 3. The summed E-state index contributed by atoms with van der Waals surface area (Å²) in [7, 11) is 0. The number of nitrogens with two attached hydrogens (primary N) is 1. The molecule has 0 saturated heterocycles. The molecule has 0 radical (unpaired) electrons. The second kappa shape index (κ2) is 5.91. The Bertz CT molecular complexity index is 649. The van der Waals surface area contributed by atoms with Gasteiger partial charge in [0.25, 0.3) is 0 Å². The van der Waals surface area contributed by atoms with Crippen LogP contribution in [0.3, 0.4) is 0 Å². The van der Waals surface area contributed by atoms with Gasteiger partial charge in [0.2, 0.25) is 0 Å². The van der Waals surface area contributed by atoms with Crippen LogP contribution in [-0.4, -0.2) is 12.6 Å². The van der Waals surface area contributed by atoms with Gasteiger partial charge in [-0.05, 0) is 30.5 Å².